The van der Waals surface area contributed by atoms with Crippen LogP contribution >= 0.6 is 0 Å². The Morgan fingerprint density at radius 2 is 1.44 bits per heavy atom. The minimum atomic E-state index is -4.26. The molecule has 134 valence electrons. The van der Waals surface area contributed by atoms with Gasteiger partial charge in [0.1, 0.15) is 0 Å². The van der Waals surface area contributed by atoms with Crippen LogP contribution in [0.3, 0.4) is 0 Å². The first-order valence-electron chi connectivity index (χ1n) is 7.86. The van der Waals surface area contributed by atoms with Crippen LogP contribution in [0.1, 0.15) is 12.8 Å². The number of hydrogen-bond acceptors (Lipinski definition) is 3. The average Bonchev–Trinajstić information content (AvgIpc) is 2.62. The summed E-state index contributed by atoms with van der Waals surface area (Å²) in [7, 11) is -3.78. The molecular formula is C17H17F3N2O2S. The molecule has 4 nitrogen and oxygen atoms in total. The molecule has 0 spiro atoms. The van der Waals surface area contributed by atoms with E-state index in [4.69, 9.17) is 0 Å². The Kier molecular flexibility index (Phi) is 4.83. The van der Waals surface area contributed by atoms with E-state index in [9.17, 15) is 21.6 Å². The Morgan fingerprint density at radius 3 is 1.96 bits per heavy atom. The van der Waals surface area contributed by atoms with Crippen LogP contribution in [0.5, 0.6) is 0 Å². The van der Waals surface area contributed by atoms with Crippen molar-refractivity contribution in [2.24, 2.45) is 5.92 Å². The van der Waals surface area contributed by atoms with Crippen molar-refractivity contribution in [1.29, 1.82) is 0 Å². The van der Waals surface area contributed by atoms with E-state index < -0.39 is 22.1 Å². The van der Waals surface area contributed by atoms with Crippen molar-refractivity contribution in [3.63, 3.8) is 0 Å². The topological polar surface area (TPSA) is 50.3 Å². The van der Waals surface area contributed by atoms with E-state index >= 15 is 0 Å². The highest BCUT2D eigenvalue weighted by atomic mass is 32.2. The molecule has 1 aromatic carbocycles. The van der Waals surface area contributed by atoms with Crippen molar-refractivity contribution < 1.29 is 21.6 Å². The fourth-order valence-electron chi connectivity index (χ4n) is 2.94. The van der Waals surface area contributed by atoms with Gasteiger partial charge in [-0.15, -0.1) is 0 Å². The quantitative estimate of drug-likeness (QED) is 0.828. The van der Waals surface area contributed by atoms with Crippen molar-refractivity contribution in [2.45, 2.75) is 23.9 Å². The van der Waals surface area contributed by atoms with E-state index in [1.165, 1.54) is 12.1 Å². The third-order valence-electron chi connectivity index (χ3n) is 4.42. The van der Waals surface area contributed by atoms with Crippen molar-refractivity contribution >= 4 is 10.0 Å². The summed E-state index contributed by atoms with van der Waals surface area (Å²) in [4.78, 5) is 4.02. The van der Waals surface area contributed by atoms with Gasteiger partial charge in [-0.3, -0.25) is 4.98 Å². The van der Waals surface area contributed by atoms with Gasteiger partial charge < -0.3 is 0 Å². The highest BCUT2D eigenvalue weighted by molar-refractivity contribution is 7.89. The summed E-state index contributed by atoms with van der Waals surface area (Å²) < 4.78 is 64.6. The zero-order chi connectivity index (χ0) is 18.1. The minimum Gasteiger partial charge on any atom is -0.265 e. The number of sulfonamides is 1. The maximum Gasteiger partial charge on any atom is 0.391 e. The Hall–Kier alpha value is -1.93. The van der Waals surface area contributed by atoms with Gasteiger partial charge in [-0.25, -0.2) is 8.42 Å². The third kappa shape index (κ3) is 3.85. The molecule has 1 aromatic heterocycles. The smallest absolute Gasteiger partial charge is 0.265 e. The Morgan fingerprint density at radius 1 is 0.920 bits per heavy atom. The molecule has 8 heteroatoms. The molecule has 0 bridgehead atoms. The van der Waals surface area contributed by atoms with Crippen molar-refractivity contribution in [3.8, 4) is 11.1 Å². The van der Waals surface area contributed by atoms with E-state index in [1.54, 1.807) is 24.5 Å². The lowest BCUT2D eigenvalue weighted by Crippen LogP contribution is -2.42. The summed E-state index contributed by atoms with van der Waals surface area (Å²) in [5.41, 5.74) is 1.75. The molecule has 0 aliphatic carbocycles. The molecule has 0 radical (unpaired) electrons. The van der Waals surface area contributed by atoms with Gasteiger partial charge in [0.2, 0.25) is 10.0 Å². The molecule has 25 heavy (non-hydrogen) atoms. The molecule has 1 fully saturated rings. The standard InChI is InChI=1S/C17H17F3N2O2S/c18-17(19,20)15-7-11-22(12-8-15)25(23,24)16-3-1-13(2-4-16)14-5-9-21-10-6-14/h1-6,9-10,15H,7-8,11-12H2. The van der Waals surface area contributed by atoms with Gasteiger partial charge in [-0.2, -0.15) is 17.5 Å². The Balaban J connectivity index is 1.75. The van der Waals surface area contributed by atoms with E-state index in [2.05, 4.69) is 4.98 Å². The minimum absolute atomic E-state index is 0.0933. The maximum atomic E-state index is 12.7. The number of piperidine rings is 1. The van der Waals surface area contributed by atoms with Crippen LogP contribution in [-0.4, -0.2) is 37.0 Å². The first-order chi connectivity index (χ1) is 11.8. The van der Waals surface area contributed by atoms with Crippen LogP contribution in [-0.2, 0) is 10.0 Å². The second-order valence-electron chi connectivity index (χ2n) is 5.98. The highest BCUT2D eigenvalue weighted by Crippen LogP contribution is 2.35. The molecule has 1 aliphatic heterocycles. The lowest BCUT2D eigenvalue weighted by molar-refractivity contribution is -0.182. The number of pyridine rings is 1. The molecule has 0 amide bonds. The fourth-order valence-corrected chi connectivity index (χ4v) is 4.41. The highest BCUT2D eigenvalue weighted by Gasteiger charge is 2.43. The molecule has 2 heterocycles. The summed E-state index contributed by atoms with van der Waals surface area (Å²) in [6.45, 7) is -0.225. The van der Waals surface area contributed by atoms with Gasteiger partial charge in [-0.1, -0.05) is 12.1 Å². The normalized spacial score (nSPS) is 17.6. The summed E-state index contributed by atoms with van der Waals surface area (Å²) in [6.07, 6.45) is -1.37. The lowest BCUT2D eigenvalue weighted by atomic mass is 9.98. The third-order valence-corrected chi connectivity index (χ3v) is 6.34. The van der Waals surface area contributed by atoms with Crippen molar-refractivity contribution in [1.82, 2.24) is 9.29 Å². The maximum absolute atomic E-state index is 12.7. The van der Waals surface area contributed by atoms with Gasteiger partial charge in [0.25, 0.3) is 0 Å². The number of benzene rings is 1. The number of rotatable bonds is 3. The van der Waals surface area contributed by atoms with Crippen LogP contribution in [0, 0.1) is 5.92 Å². The zero-order valence-corrected chi connectivity index (χ0v) is 14.1. The lowest BCUT2D eigenvalue weighted by Gasteiger charge is -2.32. The predicted molar refractivity (Wildman–Crippen MR) is 87.2 cm³/mol. The van der Waals surface area contributed by atoms with Crippen LogP contribution in [0.15, 0.2) is 53.7 Å². The SMILES string of the molecule is O=S(=O)(c1ccc(-c2ccncc2)cc1)N1CCC(C(F)(F)F)CC1. The van der Waals surface area contributed by atoms with Crippen molar-refractivity contribution in [3.05, 3.63) is 48.8 Å². The predicted octanol–water partition coefficient (Wildman–Crippen LogP) is 3.71. The first kappa shape index (κ1) is 17.9. The van der Waals surface area contributed by atoms with Gasteiger partial charge >= 0.3 is 6.18 Å². The molecule has 0 atom stereocenters. The molecule has 1 aliphatic rings. The monoisotopic (exact) mass is 370 g/mol. The Bertz CT molecular complexity index is 813. The molecule has 0 N–H and O–H groups in total. The van der Waals surface area contributed by atoms with Gasteiger partial charge in [0.15, 0.2) is 0 Å². The second-order valence-corrected chi connectivity index (χ2v) is 7.92. The van der Waals surface area contributed by atoms with Gasteiger partial charge in [0.05, 0.1) is 10.8 Å². The zero-order valence-electron chi connectivity index (χ0n) is 13.3. The second kappa shape index (κ2) is 6.76. The first-order valence-corrected chi connectivity index (χ1v) is 9.30. The van der Waals surface area contributed by atoms with Gasteiger partial charge in [0, 0.05) is 25.5 Å². The number of hydrogen-bond donors (Lipinski definition) is 0. The summed E-state index contributed by atoms with van der Waals surface area (Å²) >= 11 is 0. The average molecular weight is 370 g/mol. The van der Waals surface area contributed by atoms with Crippen LogP contribution in [0.2, 0.25) is 0 Å². The molecule has 0 saturated carbocycles. The van der Waals surface area contributed by atoms with Crippen LogP contribution < -0.4 is 0 Å². The number of nitrogens with zero attached hydrogens (tertiary/aromatic N) is 2. The summed E-state index contributed by atoms with van der Waals surface area (Å²) in [6, 6.07) is 9.97. The number of aromatic nitrogens is 1. The number of halogens is 3. The molecule has 0 unspecified atom stereocenters. The molecular weight excluding hydrogens is 353 g/mol. The molecule has 1 saturated heterocycles. The number of alkyl halides is 3. The van der Waals surface area contributed by atoms with E-state index in [0.717, 1.165) is 15.4 Å². The summed E-state index contributed by atoms with van der Waals surface area (Å²) in [5.74, 6) is -1.42. The molecule has 3 rings (SSSR count). The van der Waals surface area contributed by atoms with E-state index in [1.807, 2.05) is 12.1 Å². The van der Waals surface area contributed by atoms with E-state index in [-0.39, 0.29) is 30.8 Å². The van der Waals surface area contributed by atoms with Crippen molar-refractivity contribution in [2.75, 3.05) is 13.1 Å². The summed E-state index contributed by atoms with van der Waals surface area (Å²) in [5, 5.41) is 0. The van der Waals surface area contributed by atoms with Gasteiger partial charge in [-0.05, 0) is 48.2 Å². The largest absolute Gasteiger partial charge is 0.391 e. The van der Waals surface area contributed by atoms with E-state index in [0.29, 0.717) is 0 Å². The molecule has 2 aromatic rings. The Labute approximate surface area is 144 Å². The van der Waals surface area contributed by atoms with Crippen LogP contribution in [0.25, 0.3) is 11.1 Å². The van der Waals surface area contributed by atoms with Crippen LogP contribution in [0.4, 0.5) is 13.2 Å². The fraction of sp³-hybridized carbons (Fsp3) is 0.353.